The number of rotatable bonds is 3. The molecule has 3 heteroatoms. The molecule has 0 unspecified atom stereocenters. The van der Waals surface area contributed by atoms with Gasteiger partial charge in [-0.05, 0) is 54.4 Å². The summed E-state index contributed by atoms with van der Waals surface area (Å²) >= 11 is 0. The molecule has 1 aromatic carbocycles. The van der Waals surface area contributed by atoms with Crippen LogP contribution in [-0.2, 0) is 10.9 Å². The lowest BCUT2D eigenvalue weighted by atomic mass is 10.1. The zero-order valence-corrected chi connectivity index (χ0v) is 10.1. The number of carbonyl (C=O) groups excluding carboxylic acids is 1. The molecule has 16 heavy (non-hydrogen) atoms. The van der Waals surface area contributed by atoms with Gasteiger partial charge in [-0.1, -0.05) is 0 Å². The van der Waals surface area contributed by atoms with Crippen molar-refractivity contribution in [2.45, 2.75) is 19.3 Å². The summed E-state index contributed by atoms with van der Waals surface area (Å²) in [5.74, 6) is 2.95. The lowest BCUT2D eigenvalue weighted by Crippen LogP contribution is -2.25. The normalized spacial score (nSPS) is 17.3. The molecule has 0 aromatic heterocycles. The Labute approximate surface area is 98.4 Å². The molecule has 1 aromatic rings. The van der Waals surface area contributed by atoms with E-state index < -0.39 is 0 Å². The third-order valence-electron chi connectivity index (χ3n) is 2.87. The quantitative estimate of drug-likeness (QED) is 0.585. The highest BCUT2D eigenvalue weighted by molar-refractivity contribution is 7.97. The van der Waals surface area contributed by atoms with E-state index in [-0.39, 0.29) is 22.5 Å². The SMILES string of the molecule is O=C(C[S+]1CCCCC1)c1ccc(F)cc1. The molecule has 0 N–H and O–H groups in total. The predicted octanol–water partition coefficient (Wildman–Crippen LogP) is 2.81. The van der Waals surface area contributed by atoms with Gasteiger partial charge in [0.1, 0.15) is 17.3 Å². The summed E-state index contributed by atoms with van der Waals surface area (Å²) in [4.78, 5) is 11.9. The van der Waals surface area contributed by atoms with Crippen LogP contribution in [0.5, 0.6) is 0 Å². The summed E-state index contributed by atoms with van der Waals surface area (Å²) in [5, 5.41) is 0. The summed E-state index contributed by atoms with van der Waals surface area (Å²) in [6, 6.07) is 5.89. The zero-order chi connectivity index (χ0) is 11.4. The van der Waals surface area contributed by atoms with Crippen LogP contribution in [0.2, 0.25) is 0 Å². The third kappa shape index (κ3) is 3.08. The monoisotopic (exact) mass is 239 g/mol. The van der Waals surface area contributed by atoms with Crippen molar-refractivity contribution in [1.29, 1.82) is 0 Å². The van der Waals surface area contributed by atoms with Gasteiger partial charge < -0.3 is 0 Å². The minimum atomic E-state index is -0.281. The van der Waals surface area contributed by atoms with Gasteiger partial charge in [0.25, 0.3) is 0 Å². The van der Waals surface area contributed by atoms with Crippen LogP contribution in [0.3, 0.4) is 0 Å². The summed E-state index contributed by atoms with van der Waals surface area (Å²) < 4.78 is 12.7. The number of carbonyl (C=O) groups is 1. The number of hydrogen-bond donors (Lipinski definition) is 0. The van der Waals surface area contributed by atoms with Gasteiger partial charge in [-0.2, -0.15) is 0 Å². The molecule has 2 rings (SSSR count). The topological polar surface area (TPSA) is 17.1 Å². The van der Waals surface area contributed by atoms with E-state index in [0.717, 1.165) is 0 Å². The number of hydrogen-bond acceptors (Lipinski definition) is 1. The second-order valence-corrected chi connectivity index (χ2v) is 6.49. The Balaban J connectivity index is 1.94. The van der Waals surface area contributed by atoms with Crippen molar-refractivity contribution < 1.29 is 9.18 Å². The molecule has 0 aliphatic carbocycles. The van der Waals surface area contributed by atoms with Crippen molar-refractivity contribution in [3.63, 3.8) is 0 Å². The van der Waals surface area contributed by atoms with E-state index in [9.17, 15) is 9.18 Å². The van der Waals surface area contributed by atoms with Gasteiger partial charge in [0.15, 0.2) is 5.75 Å². The molecule has 0 saturated carbocycles. The number of halogens is 1. The van der Waals surface area contributed by atoms with E-state index >= 15 is 0 Å². The molecule has 1 aliphatic heterocycles. The molecular formula is C13H16FOS+. The minimum absolute atomic E-state index is 0.172. The number of Topliss-reactive ketones (excluding diaryl/α,β-unsaturated/α-hetero) is 1. The summed E-state index contributed by atoms with van der Waals surface area (Å²) in [6.45, 7) is 0. The van der Waals surface area contributed by atoms with Crippen LogP contribution in [0, 0.1) is 5.82 Å². The average Bonchev–Trinajstić information content (AvgIpc) is 2.31. The average molecular weight is 239 g/mol. The summed E-state index contributed by atoms with van der Waals surface area (Å²) in [5.41, 5.74) is 0.652. The maximum atomic E-state index is 12.7. The lowest BCUT2D eigenvalue weighted by molar-refractivity contribution is 0.102. The largest absolute Gasteiger partial charge is 0.289 e. The molecule has 1 fully saturated rings. The zero-order valence-electron chi connectivity index (χ0n) is 9.25. The lowest BCUT2D eigenvalue weighted by Gasteiger charge is -2.12. The van der Waals surface area contributed by atoms with E-state index in [0.29, 0.717) is 11.3 Å². The van der Waals surface area contributed by atoms with Gasteiger partial charge in [-0.3, -0.25) is 4.79 Å². The Morgan fingerprint density at radius 3 is 2.38 bits per heavy atom. The van der Waals surface area contributed by atoms with Crippen molar-refractivity contribution in [3.05, 3.63) is 35.6 Å². The van der Waals surface area contributed by atoms with Gasteiger partial charge >= 0.3 is 0 Å². The van der Waals surface area contributed by atoms with Crippen LogP contribution in [0.1, 0.15) is 29.6 Å². The van der Waals surface area contributed by atoms with Crippen LogP contribution < -0.4 is 0 Å². The second kappa shape index (κ2) is 5.48. The first-order chi connectivity index (χ1) is 7.75. The molecule has 1 saturated heterocycles. The van der Waals surface area contributed by atoms with Gasteiger partial charge in [-0.25, -0.2) is 4.39 Å². The standard InChI is InChI=1S/C13H16FOS/c14-12-6-4-11(5-7-12)13(15)10-16-8-2-1-3-9-16/h4-7H,1-3,8-10H2/q+1. The van der Waals surface area contributed by atoms with E-state index in [2.05, 4.69) is 0 Å². The van der Waals surface area contributed by atoms with Crippen LogP contribution in [0.4, 0.5) is 4.39 Å². The molecule has 0 atom stereocenters. The Kier molecular flexibility index (Phi) is 3.99. The fourth-order valence-corrected chi connectivity index (χ4v) is 4.20. The summed E-state index contributed by atoms with van der Waals surface area (Å²) in [6.07, 6.45) is 3.84. The Bertz CT molecular complexity index is 355. The smallest absolute Gasteiger partial charge is 0.211 e. The number of benzene rings is 1. The van der Waals surface area contributed by atoms with E-state index in [1.807, 2.05) is 0 Å². The molecule has 1 nitrogen and oxygen atoms in total. The molecular weight excluding hydrogens is 223 g/mol. The van der Waals surface area contributed by atoms with E-state index in [1.54, 1.807) is 12.1 Å². The fraction of sp³-hybridized carbons (Fsp3) is 0.462. The van der Waals surface area contributed by atoms with Gasteiger partial charge in [0.2, 0.25) is 5.78 Å². The highest BCUT2D eigenvalue weighted by Crippen LogP contribution is 2.15. The van der Waals surface area contributed by atoms with Crippen molar-refractivity contribution in [3.8, 4) is 0 Å². The first kappa shape index (κ1) is 11.6. The van der Waals surface area contributed by atoms with Crippen LogP contribution in [0.25, 0.3) is 0 Å². The Hall–Kier alpha value is -0.830. The van der Waals surface area contributed by atoms with Gasteiger partial charge in [0, 0.05) is 5.56 Å². The molecule has 1 heterocycles. The molecule has 86 valence electrons. The van der Waals surface area contributed by atoms with Crippen LogP contribution in [0.15, 0.2) is 24.3 Å². The Morgan fingerprint density at radius 2 is 1.75 bits per heavy atom. The van der Waals surface area contributed by atoms with Crippen molar-refractivity contribution in [2.24, 2.45) is 0 Å². The third-order valence-corrected chi connectivity index (χ3v) is 5.27. The van der Waals surface area contributed by atoms with Crippen molar-refractivity contribution in [2.75, 3.05) is 17.3 Å². The maximum Gasteiger partial charge on any atom is 0.211 e. The summed E-state index contributed by atoms with van der Waals surface area (Å²) in [7, 11) is 0.276. The molecule has 0 bridgehead atoms. The maximum absolute atomic E-state index is 12.7. The molecule has 1 aliphatic rings. The minimum Gasteiger partial charge on any atom is -0.289 e. The molecule has 0 amide bonds. The van der Waals surface area contributed by atoms with Crippen molar-refractivity contribution >= 4 is 16.7 Å². The molecule has 0 spiro atoms. The first-order valence-corrected chi connectivity index (χ1v) is 7.42. The first-order valence-electron chi connectivity index (χ1n) is 5.68. The Morgan fingerprint density at radius 1 is 1.12 bits per heavy atom. The highest BCUT2D eigenvalue weighted by Gasteiger charge is 2.25. The second-order valence-electron chi connectivity index (χ2n) is 4.16. The van der Waals surface area contributed by atoms with E-state index in [4.69, 9.17) is 0 Å². The van der Waals surface area contributed by atoms with Crippen LogP contribution in [-0.4, -0.2) is 23.0 Å². The van der Waals surface area contributed by atoms with Crippen molar-refractivity contribution in [1.82, 2.24) is 0 Å². The predicted molar refractivity (Wildman–Crippen MR) is 66.5 cm³/mol. The molecule has 0 radical (unpaired) electrons. The van der Waals surface area contributed by atoms with Gasteiger partial charge in [-0.15, -0.1) is 0 Å². The van der Waals surface area contributed by atoms with Crippen LogP contribution >= 0.6 is 0 Å². The highest BCUT2D eigenvalue weighted by atomic mass is 32.2. The van der Waals surface area contributed by atoms with E-state index in [1.165, 1.54) is 42.9 Å². The van der Waals surface area contributed by atoms with Gasteiger partial charge in [0.05, 0.1) is 0 Å². The fourth-order valence-electron chi connectivity index (χ4n) is 1.94. The number of ketones is 1.